The molecule has 2 aromatic carbocycles. The number of nitrogens with zero attached hydrogens (tertiary/aromatic N) is 1. The molecule has 1 amide bonds. The number of aromatic nitrogens is 1. The quantitative estimate of drug-likeness (QED) is 0.461. The van der Waals surface area contributed by atoms with Gasteiger partial charge in [-0.3, -0.25) is 4.79 Å². The largest absolute Gasteiger partial charge is 0.469 e. The van der Waals surface area contributed by atoms with E-state index in [1.54, 1.807) is 26.0 Å². The summed E-state index contributed by atoms with van der Waals surface area (Å²) in [6, 6.07) is 16.5. The minimum absolute atomic E-state index is 0. The average Bonchev–Trinajstić information content (AvgIpc) is 2.85. The number of rotatable bonds is 7. The number of sulfonamides is 1. The Morgan fingerprint density at radius 1 is 1.11 bits per heavy atom. The molecule has 0 bridgehead atoms. The highest BCUT2D eigenvalue weighted by atomic mass is 32.2. The summed E-state index contributed by atoms with van der Waals surface area (Å²) in [5.41, 5.74) is 1.35. The van der Waals surface area contributed by atoms with Gasteiger partial charge in [0.1, 0.15) is 11.7 Å². The summed E-state index contributed by atoms with van der Waals surface area (Å²) >= 11 is 0. The molecule has 0 saturated carbocycles. The number of hydrogen-bond donors (Lipinski definition) is 3. The first-order chi connectivity index (χ1) is 16.6. The number of aliphatic hydroxyl groups is 1. The molecule has 2 heterocycles. The number of ether oxygens (including phenoxy) is 1. The van der Waals surface area contributed by atoms with E-state index in [0.717, 1.165) is 17.5 Å². The second-order valence-electron chi connectivity index (χ2n) is 9.03. The second kappa shape index (κ2) is 9.77. The molecule has 0 unspecified atom stereocenters. The average molecular weight is 498 g/mol. The smallest absolute Gasteiger partial charge is 0.253 e. The van der Waals surface area contributed by atoms with Gasteiger partial charge < -0.3 is 15.2 Å². The summed E-state index contributed by atoms with van der Waals surface area (Å²) < 4.78 is 34.8. The van der Waals surface area contributed by atoms with Crippen LogP contribution in [0.25, 0.3) is 0 Å². The summed E-state index contributed by atoms with van der Waals surface area (Å²) in [4.78, 5) is 17.1. The summed E-state index contributed by atoms with van der Waals surface area (Å²) in [6.07, 6.45) is 0.931. The zero-order valence-electron chi connectivity index (χ0n) is 19.9. The molecule has 0 aliphatic carbocycles. The van der Waals surface area contributed by atoms with Gasteiger partial charge in [0.25, 0.3) is 5.91 Å². The van der Waals surface area contributed by atoms with Crippen molar-refractivity contribution in [2.24, 2.45) is 0 Å². The molecule has 9 heteroatoms. The molecule has 1 aromatic heterocycles. The Hall–Kier alpha value is -3.27. The van der Waals surface area contributed by atoms with E-state index in [1.807, 2.05) is 37.3 Å². The van der Waals surface area contributed by atoms with Gasteiger partial charge in [0.15, 0.2) is 0 Å². The fourth-order valence-corrected chi connectivity index (χ4v) is 5.15. The number of nitrogens with one attached hydrogen (secondary N) is 2. The van der Waals surface area contributed by atoms with Crippen LogP contribution in [0.1, 0.15) is 55.3 Å². The summed E-state index contributed by atoms with van der Waals surface area (Å²) in [5.74, 6) is -0.214. The third-order valence-corrected chi connectivity index (χ3v) is 7.54. The van der Waals surface area contributed by atoms with Crippen LogP contribution >= 0.6 is 0 Å². The lowest BCUT2D eigenvalue weighted by molar-refractivity contribution is -0.0632. The van der Waals surface area contributed by atoms with Gasteiger partial charge in [-0.25, -0.2) is 18.1 Å². The Bertz CT molecular complexity index is 1320. The Kier molecular flexibility index (Phi) is 6.93. The fourth-order valence-electron chi connectivity index (χ4n) is 3.93. The van der Waals surface area contributed by atoms with Crippen LogP contribution in [0.2, 0.25) is 0 Å². The third-order valence-electron chi connectivity index (χ3n) is 6.08. The third kappa shape index (κ3) is 5.37. The Balaban J connectivity index is 0.00000361. The highest BCUT2D eigenvalue weighted by Crippen LogP contribution is 2.39. The number of aliphatic hydroxyl groups excluding tert-OH is 1. The van der Waals surface area contributed by atoms with E-state index >= 15 is 0 Å². The molecule has 3 N–H and O–H groups in total. The molecule has 0 radical (unpaired) electrons. The number of amides is 1. The zero-order valence-corrected chi connectivity index (χ0v) is 20.7. The van der Waals surface area contributed by atoms with Gasteiger partial charge in [-0.05, 0) is 49.6 Å². The van der Waals surface area contributed by atoms with Crippen molar-refractivity contribution in [2.75, 3.05) is 0 Å². The van der Waals surface area contributed by atoms with E-state index in [9.17, 15) is 18.3 Å². The van der Waals surface area contributed by atoms with Crippen LogP contribution in [0.4, 0.5) is 0 Å². The van der Waals surface area contributed by atoms with Gasteiger partial charge in [-0.1, -0.05) is 49.4 Å². The minimum Gasteiger partial charge on any atom is -0.469 e. The predicted octanol–water partition coefficient (Wildman–Crippen LogP) is 3.37. The van der Waals surface area contributed by atoms with E-state index in [1.165, 1.54) is 24.4 Å². The highest BCUT2D eigenvalue weighted by molar-refractivity contribution is 7.89. The Morgan fingerprint density at radius 3 is 2.46 bits per heavy atom. The van der Waals surface area contributed by atoms with Gasteiger partial charge >= 0.3 is 0 Å². The van der Waals surface area contributed by atoms with Crippen LogP contribution in [-0.2, 0) is 23.0 Å². The molecular formula is C26H31N3O5S. The van der Waals surface area contributed by atoms with E-state index in [4.69, 9.17) is 4.74 Å². The fraction of sp³-hybridized carbons (Fsp3) is 0.308. The van der Waals surface area contributed by atoms with Crippen LogP contribution in [-0.4, -0.2) is 36.1 Å². The molecular weight excluding hydrogens is 466 g/mol. The normalized spacial score (nSPS) is 18.9. The van der Waals surface area contributed by atoms with Crippen molar-refractivity contribution in [1.29, 1.82) is 0 Å². The molecule has 0 fully saturated rings. The van der Waals surface area contributed by atoms with Crippen molar-refractivity contribution in [2.45, 2.75) is 56.4 Å². The molecule has 0 saturated heterocycles. The SMILES string of the molecule is CCc1ccc(S(=O)(=O)N[C@@H]2c3cc(C(=O)NCc4ccccc4)cnc3OC(C)(C)[C@H]2O)cc1.[HH]. The molecule has 8 nitrogen and oxygen atoms in total. The topological polar surface area (TPSA) is 118 Å². The molecule has 35 heavy (non-hydrogen) atoms. The lowest BCUT2D eigenvalue weighted by Crippen LogP contribution is -2.53. The zero-order chi connectivity index (χ0) is 25.2. The molecule has 3 aromatic rings. The van der Waals surface area contributed by atoms with Crippen LogP contribution in [0.5, 0.6) is 5.88 Å². The second-order valence-corrected chi connectivity index (χ2v) is 10.7. The first kappa shape index (κ1) is 24.8. The van der Waals surface area contributed by atoms with Gasteiger partial charge in [0, 0.05) is 19.7 Å². The van der Waals surface area contributed by atoms with Crippen molar-refractivity contribution in [3.8, 4) is 5.88 Å². The van der Waals surface area contributed by atoms with Crippen molar-refractivity contribution in [3.05, 3.63) is 89.1 Å². The molecule has 4 rings (SSSR count). The first-order valence-electron chi connectivity index (χ1n) is 11.4. The number of hydrogen-bond acceptors (Lipinski definition) is 6. The number of pyridine rings is 1. The summed E-state index contributed by atoms with van der Waals surface area (Å²) in [7, 11) is -3.98. The minimum atomic E-state index is -3.98. The van der Waals surface area contributed by atoms with Gasteiger partial charge in [-0.2, -0.15) is 0 Å². The van der Waals surface area contributed by atoms with Crippen LogP contribution < -0.4 is 14.8 Å². The molecule has 2 atom stereocenters. The van der Waals surface area contributed by atoms with Gasteiger partial charge in [0.05, 0.1) is 16.5 Å². The molecule has 1 aliphatic heterocycles. The molecule has 186 valence electrons. The maximum Gasteiger partial charge on any atom is 0.253 e. The number of benzene rings is 2. The maximum atomic E-state index is 13.2. The van der Waals surface area contributed by atoms with Gasteiger partial charge in [-0.15, -0.1) is 0 Å². The Morgan fingerprint density at radius 2 is 1.80 bits per heavy atom. The maximum absolute atomic E-state index is 13.2. The van der Waals surface area contributed by atoms with Crippen molar-refractivity contribution in [3.63, 3.8) is 0 Å². The summed E-state index contributed by atoms with van der Waals surface area (Å²) in [5, 5.41) is 13.9. The lowest BCUT2D eigenvalue weighted by atomic mass is 9.88. The molecule has 1 aliphatic rings. The highest BCUT2D eigenvalue weighted by Gasteiger charge is 2.45. The van der Waals surface area contributed by atoms with Crippen LogP contribution in [0.3, 0.4) is 0 Å². The number of aryl methyl sites for hydroxylation is 1. The number of fused-ring (bicyclic) bond motifs is 1. The predicted molar refractivity (Wildman–Crippen MR) is 134 cm³/mol. The molecule has 0 spiro atoms. The van der Waals surface area contributed by atoms with Crippen molar-refractivity contribution in [1.82, 2.24) is 15.0 Å². The van der Waals surface area contributed by atoms with Gasteiger partial charge in [0.2, 0.25) is 15.9 Å². The summed E-state index contributed by atoms with van der Waals surface area (Å²) in [6.45, 7) is 5.62. The lowest BCUT2D eigenvalue weighted by Gasteiger charge is -2.41. The van der Waals surface area contributed by atoms with E-state index in [-0.39, 0.29) is 29.2 Å². The first-order valence-corrected chi connectivity index (χ1v) is 12.9. The van der Waals surface area contributed by atoms with Crippen molar-refractivity contribution < 1.29 is 24.5 Å². The van der Waals surface area contributed by atoms with E-state index in [0.29, 0.717) is 6.54 Å². The number of carbonyl (C=O) groups excluding carboxylic acids is 1. The standard InChI is InChI=1S/C26H29N3O5S.H2/c1-4-17-10-12-20(13-11-17)35(32,33)29-22-21-14-19(16-28-25(21)34-26(2,3)23(22)30)24(31)27-15-18-8-6-5-7-9-18;/h5-14,16,22-23,29-30H,4,15H2,1-3H3,(H,27,31);1H/t22-,23+;/m1./s1. The number of carbonyl (C=O) groups is 1. The van der Waals surface area contributed by atoms with Crippen LogP contribution in [0, 0.1) is 0 Å². The van der Waals surface area contributed by atoms with Crippen LogP contribution in [0.15, 0.2) is 71.8 Å². The van der Waals surface area contributed by atoms with Crippen molar-refractivity contribution >= 4 is 15.9 Å². The monoisotopic (exact) mass is 497 g/mol. The van der Waals surface area contributed by atoms with E-state index in [2.05, 4.69) is 15.0 Å². The van der Waals surface area contributed by atoms with E-state index < -0.39 is 27.8 Å². The Labute approximate surface area is 206 Å².